The lowest BCUT2D eigenvalue weighted by molar-refractivity contribution is -0.146. The number of alkyl carbamates (subject to hydrolysis) is 1. The molecule has 10 heteroatoms. The minimum Gasteiger partial charge on any atom is -0.467 e. The number of likely N-dealkylation sites (tertiary alicyclic amines) is 1. The van der Waals surface area contributed by atoms with Crippen molar-refractivity contribution in [2.24, 2.45) is 11.7 Å². The molecule has 0 saturated carbocycles. The van der Waals surface area contributed by atoms with E-state index in [1.807, 2.05) is 38.1 Å². The van der Waals surface area contributed by atoms with Crippen molar-refractivity contribution in [1.29, 1.82) is 0 Å². The van der Waals surface area contributed by atoms with Crippen LogP contribution in [0.2, 0.25) is 0 Å². The smallest absolute Gasteiger partial charge is 0.407 e. The Morgan fingerprint density at radius 1 is 1.00 bits per heavy atom. The number of hydrogen-bond donors (Lipinski definition) is 3. The summed E-state index contributed by atoms with van der Waals surface area (Å²) in [5.74, 6) is -0.920. The molecule has 0 spiro atoms. The number of esters is 1. The van der Waals surface area contributed by atoms with E-state index in [-0.39, 0.29) is 30.3 Å². The summed E-state index contributed by atoms with van der Waals surface area (Å²) < 4.78 is 10.5. The number of ether oxygens (including phenoxy) is 2. The first kappa shape index (κ1) is 32.0. The molecule has 0 radical (unpaired) electrons. The second-order valence-corrected chi connectivity index (χ2v) is 11.8. The quantitative estimate of drug-likeness (QED) is 0.238. The van der Waals surface area contributed by atoms with E-state index in [4.69, 9.17) is 15.2 Å². The Labute approximate surface area is 253 Å². The molecule has 3 amide bonds. The lowest BCUT2D eigenvalue weighted by Gasteiger charge is -2.28. The molecule has 2 aromatic carbocycles. The van der Waals surface area contributed by atoms with Gasteiger partial charge in [-0.2, -0.15) is 0 Å². The molecule has 1 aliphatic heterocycles. The highest BCUT2D eigenvalue weighted by atomic mass is 16.5. The van der Waals surface area contributed by atoms with E-state index >= 15 is 0 Å². The minimum absolute atomic E-state index is 0.0143. The van der Waals surface area contributed by atoms with Gasteiger partial charge in [0, 0.05) is 19.0 Å². The van der Waals surface area contributed by atoms with Crippen LogP contribution < -0.4 is 16.4 Å². The second kappa shape index (κ2) is 15.0. The summed E-state index contributed by atoms with van der Waals surface area (Å²) >= 11 is 0. The first-order valence-electron chi connectivity index (χ1n) is 15.2. The second-order valence-electron chi connectivity index (χ2n) is 11.8. The molecule has 4 rings (SSSR count). The summed E-state index contributed by atoms with van der Waals surface area (Å²) in [5, 5.41) is 5.56. The third kappa shape index (κ3) is 7.93. The summed E-state index contributed by atoms with van der Waals surface area (Å²) in [7, 11) is 1.27. The van der Waals surface area contributed by atoms with Crippen LogP contribution in [-0.2, 0) is 23.9 Å². The normalized spacial score (nSPS) is 17.1. The molecule has 10 nitrogen and oxygen atoms in total. The van der Waals surface area contributed by atoms with Crippen molar-refractivity contribution < 1.29 is 28.7 Å². The molecule has 0 bridgehead atoms. The number of nitrogens with one attached hydrogen (secondary N) is 2. The van der Waals surface area contributed by atoms with Gasteiger partial charge in [-0.25, -0.2) is 9.59 Å². The van der Waals surface area contributed by atoms with Crippen LogP contribution in [-0.4, -0.2) is 73.7 Å². The molecule has 43 heavy (non-hydrogen) atoms. The maximum absolute atomic E-state index is 13.1. The average molecular weight is 593 g/mol. The van der Waals surface area contributed by atoms with Gasteiger partial charge in [0.2, 0.25) is 11.8 Å². The zero-order chi connectivity index (χ0) is 30.9. The lowest BCUT2D eigenvalue weighted by atomic mass is 9.98. The monoisotopic (exact) mass is 592 g/mol. The van der Waals surface area contributed by atoms with E-state index in [0.29, 0.717) is 51.6 Å². The summed E-state index contributed by atoms with van der Waals surface area (Å²) in [6.07, 6.45) is 2.71. The van der Waals surface area contributed by atoms with Crippen LogP contribution in [0.15, 0.2) is 48.5 Å². The van der Waals surface area contributed by atoms with Crippen LogP contribution in [0.5, 0.6) is 0 Å². The van der Waals surface area contributed by atoms with Crippen molar-refractivity contribution in [1.82, 2.24) is 15.5 Å². The van der Waals surface area contributed by atoms with Crippen LogP contribution in [0.1, 0.15) is 69.4 Å². The van der Waals surface area contributed by atoms with Crippen molar-refractivity contribution in [3.63, 3.8) is 0 Å². The number of rotatable bonds is 13. The number of hydrogen-bond acceptors (Lipinski definition) is 7. The number of fused-ring (bicyclic) bond motifs is 3. The molecule has 1 aliphatic carbocycles. The van der Waals surface area contributed by atoms with Gasteiger partial charge in [-0.1, -0.05) is 62.4 Å². The maximum Gasteiger partial charge on any atom is 0.407 e. The summed E-state index contributed by atoms with van der Waals surface area (Å²) in [4.78, 5) is 52.4. The number of unbranched alkanes of at least 4 members (excludes halogenated alkanes) is 1. The fraction of sp³-hybridized carbons (Fsp3) is 0.515. The van der Waals surface area contributed by atoms with E-state index in [2.05, 4.69) is 34.9 Å². The predicted octanol–water partition coefficient (Wildman–Crippen LogP) is 3.72. The van der Waals surface area contributed by atoms with Crippen molar-refractivity contribution in [3.05, 3.63) is 59.7 Å². The van der Waals surface area contributed by atoms with Crippen LogP contribution in [0.4, 0.5) is 4.79 Å². The number of nitrogens with zero attached hydrogens (tertiary/aromatic N) is 1. The molecule has 4 N–H and O–H groups in total. The summed E-state index contributed by atoms with van der Waals surface area (Å²) in [6, 6.07) is 14.2. The fourth-order valence-electron chi connectivity index (χ4n) is 6.10. The number of carbonyl (C=O) groups is 4. The minimum atomic E-state index is -0.853. The van der Waals surface area contributed by atoms with Crippen LogP contribution in [0, 0.1) is 5.92 Å². The van der Waals surface area contributed by atoms with E-state index in [1.54, 1.807) is 0 Å². The zero-order valence-electron chi connectivity index (χ0n) is 25.3. The number of amides is 3. The number of benzene rings is 2. The SMILES string of the molecule is COC(=O)[C@H](CCCCNC(=O)OCC1c2ccccc2-c2ccccc21)NC(=O)[C@@H]1CCCN1C(=O)[C@@H](N)CC(C)C. The van der Waals surface area contributed by atoms with Crippen LogP contribution in [0.3, 0.4) is 0 Å². The summed E-state index contributed by atoms with van der Waals surface area (Å²) in [5.41, 5.74) is 10.7. The molecule has 0 aromatic heterocycles. The fourth-order valence-corrected chi connectivity index (χ4v) is 6.10. The maximum atomic E-state index is 13.1. The molecule has 0 unspecified atom stereocenters. The van der Waals surface area contributed by atoms with Gasteiger partial charge in [-0.3, -0.25) is 9.59 Å². The van der Waals surface area contributed by atoms with Gasteiger partial charge in [0.25, 0.3) is 0 Å². The molecule has 2 aromatic rings. The Kier molecular flexibility index (Phi) is 11.2. The molecule has 1 fully saturated rings. The van der Waals surface area contributed by atoms with E-state index < -0.39 is 30.2 Å². The first-order valence-corrected chi connectivity index (χ1v) is 15.2. The topological polar surface area (TPSA) is 140 Å². The van der Waals surface area contributed by atoms with Gasteiger partial charge in [0.15, 0.2) is 0 Å². The third-order valence-corrected chi connectivity index (χ3v) is 8.22. The molecule has 3 atom stereocenters. The zero-order valence-corrected chi connectivity index (χ0v) is 25.3. The standard InChI is InChI=1S/C33H44N4O6/c1-21(2)19-27(34)31(39)37-18-10-16-29(37)30(38)36-28(32(40)42-3)15-8-9-17-35-33(41)43-20-26-24-13-6-4-11-22(24)23-12-5-7-14-25(23)26/h4-7,11-14,21,26-29H,8-10,15-20,34H2,1-3H3,(H,35,41)(H,36,38)/t27-,28-,29-/m0/s1. The molecule has 232 valence electrons. The van der Waals surface area contributed by atoms with Gasteiger partial charge in [-0.15, -0.1) is 0 Å². The van der Waals surface area contributed by atoms with Gasteiger partial charge in [0.1, 0.15) is 18.7 Å². The highest BCUT2D eigenvalue weighted by Gasteiger charge is 2.37. The number of methoxy groups -OCH3 is 1. The van der Waals surface area contributed by atoms with Gasteiger partial charge < -0.3 is 30.7 Å². The average Bonchev–Trinajstić information content (AvgIpc) is 3.61. The molecular weight excluding hydrogens is 548 g/mol. The van der Waals surface area contributed by atoms with Gasteiger partial charge >= 0.3 is 12.1 Å². The molecule has 1 heterocycles. The molecule has 2 aliphatic rings. The first-order chi connectivity index (χ1) is 20.7. The van der Waals surface area contributed by atoms with Gasteiger partial charge in [0.05, 0.1) is 13.2 Å². The van der Waals surface area contributed by atoms with Crippen molar-refractivity contribution in [2.75, 3.05) is 26.8 Å². The van der Waals surface area contributed by atoms with Crippen molar-refractivity contribution in [2.45, 2.75) is 76.4 Å². The Morgan fingerprint density at radius 3 is 2.28 bits per heavy atom. The van der Waals surface area contributed by atoms with E-state index in [0.717, 1.165) is 11.1 Å². The predicted molar refractivity (Wildman–Crippen MR) is 163 cm³/mol. The van der Waals surface area contributed by atoms with Crippen molar-refractivity contribution >= 4 is 23.9 Å². The Hall–Kier alpha value is -3.92. The Balaban J connectivity index is 1.21. The van der Waals surface area contributed by atoms with E-state index in [1.165, 1.54) is 23.1 Å². The van der Waals surface area contributed by atoms with E-state index in [9.17, 15) is 19.2 Å². The van der Waals surface area contributed by atoms with Crippen molar-refractivity contribution in [3.8, 4) is 11.1 Å². The Morgan fingerprint density at radius 2 is 1.65 bits per heavy atom. The van der Waals surface area contributed by atoms with Gasteiger partial charge in [-0.05, 0) is 66.7 Å². The molecular formula is C33H44N4O6. The highest BCUT2D eigenvalue weighted by molar-refractivity contribution is 5.92. The number of carbonyl (C=O) groups excluding carboxylic acids is 4. The van der Waals surface area contributed by atoms with Crippen LogP contribution in [0.25, 0.3) is 11.1 Å². The lowest BCUT2D eigenvalue weighted by Crippen LogP contribution is -2.54. The Bertz CT molecular complexity index is 1250. The molecule has 1 saturated heterocycles. The third-order valence-electron chi connectivity index (χ3n) is 8.22. The van der Waals surface area contributed by atoms with Crippen LogP contribution >= 0.6 is 0 Å². The highest BCUT2D eigenvalue weighted by Crippen LogP contribution is 2.44. The number of nitrogens with two attached hydrogens (primary N) is 1. The summed E-state index contributed by atoms with van der Waals surface area (Å²) in [6.45, 7) is 5.05. The largest absolute Gasteiger partial charge is 0.467 e.